The second-order valence-corrected chi connectivity index (χ2v) is 5.72. The molecule has 0 bridgehead atoms. The molecule has 26 heavy (non-hydrogen) atoms. The Morgan fingerprint density at radius 1 is 0.808 bits per heavy atom. The zero-order valence-electron chi connectivity index (χ0n) is 13.5. The second-order valence-electron chi connectivity index (χ2n) is 5.72. The van der Waals surface area contributed by atoms with Gasteiger partial charge in [-0.05, 0) is 23.3 Å². The van der Waals surface area contributed by atoms with E-state index < -0.39 is 22.0 Å². The third-order valence-corrected chi connectivity index (χ3v) is 4.09. The topological polar surface area (TPSA) is 111 Å². The summed E-state index contributed by atoms with van der Waals surface area (Å²) in [6.45, 7) is 0. The molecule has 0 aliphatic carbocycles. The first kappa shape index (κ1) is 17.3. The van der Waals surface area contributed by atoms with Crippen LogP contribution in [-0.4, -0.2) is 19.5 Å². The molecule has 1 heterocycles. The van der Waals surface area contributed by atoms with Gasteiger partial charge < -0.3 is 9.67 Å². The number of rotatable bonds is 6. The molecule has 1 aromatic heterocycles. The Labute approximate surface area is 148 Å². The van der Waals surface area contributed by atoms with Gasteiger partial charge in [0.25, 0.3) is 11.4 Å². The smallest absolute Gasteiger partial charge is 0.269 e. The summed E-state index contributed by atoms with van der Waals surface area (Å²) >= 11 is 0. The summed E-state index contributed by atoms with van der Waals surface area (Å²) in [5.41, 5.74) is 0.650. The summed E-state index contributed by atoms with van der Waals surface area (Å²) in [4.78, 5) is 21.1. The van der Waals surface area contributed by atoms with Gasteiger partial charge in [-0.15, -0.1) is 0 Å². The van der Waals surface area contributed by atoms with E-state index in [1.54, 1.807) is 47.3 Å². The van der Waals surface area contributed by atoms with Crippen molar-refractivity contribution < 1.29 is 15.0 Å². The van der Waals surface area contributed by atoms with Crippen molar-refractivity contribution in [2.75, 3.05) is 0 Å². The number of benzene rings is 2. The Morgan fingerprint density at radius 3 is 1.85 bits per heavy atom. The molecular weight excluding hydrogens is 338 g/mol. The zero-order chi connectivity index (χ0) is 18.7. The molecule has 0 aliphatic rings. The molecule has 0 saturated heterocycles. The van der Waals surface area contributed by atoms with Crippen molar-refractivity contribution in [3.05, 3.63) is 104 Å². The molecule has 0 amide bonds. The fourth-order valence-corrected chi connectivity index (χ4v) is 2.88. The summed E-state index contributed by atoms with van der Waals surface area (Å²) in [7, 11) is 0. The number of non-ortho nitro benzene ring substituents is 2. The molecular formula is C18H15N3O5. The largest absolute Gasteiger partial charge is 0.386 e. The molecule has 8 nitrogen and oxygen atoms in total. The lowest BCUT2D eigenvalue weighted by Gasteiger charge is -2.25. The van der Waals surface area contributed by atoms with Gasteiger partial charge in [-0.25, -0.2) is 0 Å². The molecule has 3 aromatic rings. The minimum Gasteiger partial charge on any atom is -0.386 e. The summed E-state index contributed by atoms with van der Waals surface area (Å²) in [5, 5.41) is 33.0. The number of nitro benzene ring substituents is 2. The first-order chi connectivity index (χ1) is 12.5. The van der Waals surface area contributed by atoms with Crippen LogP contribution in [0, 0.1) is 20.2 Å². The van der Waals surface area contributed by atoms with Gasteiger partial charge in [0.15, 0.2) is 0 Å². The van der Waals surface area contributed by atoms with Crippen LogP contribution in [0.4, 0.5) is 11.4 Å². The number of hydrogen-bond donors (Lipinski definition) is 1. The Balaban J connectivity index is 2.08. The quantitative estimate of drug-likeness (QED) is 0.537. The summed E-state index contributed by atoms with van der Waals surface area (Å²) in [6.07, 6.45) is 2.32. The number of nitrogens with zero attached hydrogens (tertiary/aromatic N) is 3. The SMILES string of the molecule is O=[N+]([O-])c1cccc(C(O)C(c2cccc([N+](=O)[O-])c2)n2cccc2)c1. The summed E-state index contributed by atoms with van der Waals surface area (Å²) < 4.78 is 1.71. The minimum absolute atomic E-state index is 0.0918. The van der Waals surface area contributed by atoms with Gasteiger partial charge in [0, 0.05) is 36.7 Å². The Hall–Kier alpha value is -3.52. The predicted octanol–water partition coefficient (Wildman–Crippen LogP) is 3.63. The van der Waals surface area contributed by atoms with Crippen LogP contribution in [0.2, 0.25) is 0 Å². The van der Waals surface area contributed by atoms with E-state index in [-0.39, 0.29) is 11.4 Å². The van der Waals surface area contributed by atoms with Gasteiger partial charge >= 0.3 is 0 Å². The Bertz CT molecular complexity index is 940. The average molecular weight is 353 g/mol. The Morgan fingerprint density at radius 2 is 1.31 bits per heavy atom. The van der Waals surface area contributed by atoms with E-state index >= 15 is 0 Å². The lowest BCUT2D eigenvalue weighted by atomic mass is 9.95. The van der Waals surface area contributed by atoms with Crippen LogP contribution in [0.3, 0.4) is 0 Å². The predicted molar refractivity (Wildman–Crippen MR) is 93.7 cm³/mol. The van der Waals surface area contributed by atoms with Crippen molar-refractivity contribution in [2.24, 2.45) is 0 Å². The lowest BCUT2D eigenvalue weighted by Crippen LogP contribution is -2.18. The molecule has 0 saturated carbocycles. The van der Waals surface area contributed by atoms with E-state index in [9.17, 15) is 25.3 Å². The fraction of sp³-hybridized carbons (Fsp3) is 0.111. The molecule has 0 fully saturated rings. The highest BCUT2D eigenvalue weighted by Gasteiger charge is 2.26. The third-order valence-electron chi connectivity index (χ3n) is 4.09. The standard InChI is InChI=1S/C18H15N3O5/c22-18(14-6-4-8-16(12-14)21(25)26)17(19-9-1-2-10-19)13-5-3-7-15(11-13)20(23)24/h1-12,17-18,22H. The highest BCUT2D eigenvalue weighted by Crippen LogP contribution is 2.35. The van der Waals surface area contributed by atoms with E-state index in [1.807, 2.05) is 0 Å². The average Bonchev–Trinajstić information content (AvgIpc) is 3.16. The molecule has 2 atom stereocenters. The molecule has 0 aliphatic heterocycles. The normalized spacial score (nSPS) is 13.1. The van der Waals surface area contributed by atoms with Crippen LogP contribution in [0.15, 0.2) is 73.1 Å². The van der Waals surface area contributed by atoms with E-state index in [1.165, 1.54) is 30.3 Å². The number of hydrogen-bond acceptors (Lipinski definition) is 5. The van der Waals surface area contributed by atoms with Crippen LogP contribution in [0.1, 0.15) is 23.3 Å². The number of aromatic nitrogens is 1. The number of nitro groups is 2. The van der Waals surface area contributed by atoms with Gasteiger partial charge in [0.05, 0.1) is 15.9 Å². The summed E-state index contributed by atoms with van der Waals surface area (Å²) in [6, 6.07) is 14.6. The molecule has 8 heteroatoms. The second kappa shape index (κ2) is 7.16. The van der Waals surface area contributed by atoms with E-state index in [4.69, 9.17) is 0 Å². The maximum absolute atomic E-state index is 11.1. The number of aliphatic hydroxyl groups excluding tert-OH is 1. The van der Waals surface area contributed by atoms with Crippen LogP contribution >= 0.6 is 0 Å². The first-order valence-electron chi connectivity index (χ1n) is 7.76. The number of aliphatic hydroxyl groups is 1. The lowest BCUT2D eigenvalue weighted by molar-refractivity contribution is -0.385. The maximum atomic E-state index is 11.1. The molecule has 0 spiro atoms. The molecule has 1 N–H and O–H groups in total. The van der Waals surface area contributed by atoms with Crippen LogP contribution in [0.5, 0.6) is 0 Å². The van der Waals surface area contributed by atoms with Gasteiger partial charge in [-0.1, -0.05) is 24.3 Å². The molecule has 0 radical (unpaired) electrons. The van der Waals surface area contributed by atoms with Crippen molar-refractivity contribution >= 4 is 11.4 Å². The molecule has 2 unspecified atom stereocenters. The highest BCUT2D eigenvalue weighted by atomic mass is 16.6. The zero-order valence-corrected chi connectivity index (χ0v) is 13.5. The van der Waals surface area contributed by atoms with Crippen LogP contribution < -0.4 is 0 Å². The van der Waals surface area contributed by atoms with Crippen LogP contribution in [0.25, 0.3) is 0 Å². The minimum atomic E-state index is -1.13. The maximum Gasteiger partial charge on any atom is 0.269 e. The third kappa shape index (κ3) is 3.45. The van der Waals surface area contributed by atoms with Crippen molar-refractivity contribution in [2.45, 2.75) is 12.1 Å². The van der Waals surface area contributed by atoms with E-state index in [0.717, 1.165) is 0 Å². The Kier molecular flexibility index (Phi) is 4.76. The van der Waals surface area contributed by atoms with Gasteiger partial charge in [-0.3, -0.25) is 20.2 Å². The van der Waals surface area contributed by atoms with Crippen molar-refractivity contribution in [1.82, 2.24) is 4.57 Å². The van der Waals surface area contributed by atoms with Gasteiger partial charge in [0.1, 0.15) is 6.10 Å². The van der Waals surface area contributed by atoms with Gasteiger partial charge in [-0.2, -0.15) is 0 Å². The highest BCUT2D eigenvalue weighted by molar-refractivity contribution is 5.40. The van der Waals surface area contributed by atoms with Gasteiger partial charge in [0.2, 0.25) is 0 Å². The molecule has 2 aromatic carbocycles. The monoisotopic (exact) mass is 353 g/mol. The molecule has 3 rings (SSSR count). The van der Waals surface area contributed by atoms with Crippen molar-refractivity contribution in [3.63, 3.8) is 0 Å². The first-order valence-corrected chi connectivity index (χ1v) is 7.76. The van der Waals surface area contributed by atoms with Crippen LogP contribution in [-0.2, 0) is 0 Å². The fourth-order valence-electron chi connectivity index (χ4n) is 2.88. The molecule has 132 valence electrons. The van der Waals surface area contributed by atoms with Crippen molar-refractivity contribution in [3.8, 4) is 0 Å². The van der Waals surface area contributed by atoms with Crippen molar-refractivity contribution in [1.29, 1.82) is 0 Å². The van der Waals surface area contributed by atoms with E-state index in [0.29, 0.717) is 11.1 Å². The van der Waals surface area contributed by atoms with E-state index in [2.05, 4.69) is 0 Å². The summed E-state index contributed by atoms with van der Waals surface area (Å²) in [5.74, 6) is 0.